The quantitative estimate of drug-likeness (QED) is 0.676. The van der Waals surface area contributed by atoms with Crippen molar-refractivity contribution in [1.29, 1.82) is 0 Å². The first-order valence-electron chi connectivity index (χ1n) is 9.61. The standard InChI is InChI=1S/C24H26N2O2/c1-4-26(23-11-7-9-19-8-5-6-10-21(19)23)24(28)16-22(25-18(3)27)20-14-12-17(2)13-15-20/h5-15,22H,4,16H2,1-3H3,(H,25,27). The van der Waals surface area contributed by atoms with Gasteiger partial charge < -0.3 is 10.2 Å². The van der Waals surface area contributed by atoms with Gasteiger partial charge in [0.05, 0.1) is 18.2 Å². The van der Waals surface area contributed by atoms with Gasteiger partial charge in [-0.15, -0.1) is 0 Å². The van der Waals surface area contributed by atoms with Crippen LogP contribution in [0.1, 0.15) is 37.4 Å². The third kappa shape index (κ3) is 4.39. The third-order valence-electron chi connectivity index (χ3n) is 4.91. The SMILES string of the molecule is CCN(C(=O)CC(NC(C)=O)c1ccc(C)cc1)c1cccc2ccccc12. The summed E-state index contributed by atoms with van der Waals surface area (Å²) >= 11 is 0. The molecule has 0 aromatic heterocycles. The number of rotatable bonds is 6. The predicted octanol–water partition coefficient (Wildman–Crippen LogP) is 4.77. The van der Waals surface area contributed by atoms with E-state index in [1.807, 2.05) is 80.6 Å². The van der Waals surface area contributed by atoms with Crippen LogP contribution in [0.4, 0.5) is 5.69 Å². The van der Waals surface area contributed by atoms with Gasteiger partial charge in [-0.2, -0.15) is 0 Å². The fourth-order valence-electron chi connectivity index (χ4n) is 3.51. The Hall–Kier alpha value is -3.14. The molecule has 0 radical (unpaired) electrons. The molecule has 1 atom stereocenters. The van der Waals surface area contributed by atoms with Gasteiger partial charge in [0.25, 0.3) is 0 Å². The molecule has 0 aliphatic rings. The van der Waals surface area contributed by atoms with E-state index in [1.54, 1.807) is 4.90 Å². The number of hydrogen-bond donors (Lipinski definition) is 1. The summed E-state index contributed by atoms with van der Waals surface area (Å²) in [5.74, 6) is -0.162. The molecule has 2 amide bonds. The van der Waals surface area contributed by atoms with Crippen LogP contribution in [0.25, 0.3) is 10.8 Å². The van der Waals surface area contributed by atoms with Crippen molar-refractivity contribution < 1.29 is 9.59 Å². The number of carbonyl (C=O) groups excluding carboxylic acids is 2. The molecule has 0 fully saturated rings. The second kappa shape index (κ2) is 8.70. The van der Waals surface area contributed by atoms with E-state index < -0.39 is 0 Å². The second-order valence-electron chi connectivity index (χ2n) is 7.00. The maximum Gasteiger partial charge on any atom is 0.229 e. The fraction of sp³-hybridized carbons (Fsp3) is 0.250. The summed E-state index contributed by atoms with van der Waals surface area (Å²) in [6.07, 6.45) is 0.208. The van der Waals surface area contributed by atoms with Gasteiger partial charge in [-0.05, 0) is 30.9 Å². The zero-order valence-electron chi connectivity index (χ0n) is 16.6. The van der Waals surface area contributed by atoms with Crippen LogP contribution in [0.3, 0.4) is 0 Å². The largest absolute Gasteiger partial charge is 0.349 e. The molecule has 0 aliphatic carbocycles. The summed E-state index contributed by atoms with van der Waals surface area (Å²) in [6, 6.07) is 21.6. The minimum Gasteiger partial charge on any atom is -0.349 e. The molecule has 0 heterocycles. The number of aryl methyl sites for hydroxylation is 1. The molecule has 0 saturated heterocycles. The zero-order valence-corrected chi connectivity index (χ0v) is 16.6. The molecule has 28 heavy (non-hydrogen) atoms. The van der Waals surface area contributed by atoms with Crippen molar-refractivity contribution in [2.45, 2.75) is 33.2 Å². The Kier molecular flexibility index (Phi) is 6.09. The summed E-state index contributed by atoms with van der Waals surface area (Å²) in [5, 5.41) is 5.08. The van der Waals surface area contributed by atoms with Crippen LogP contribution in [0, 0.1) is 6.92 Å². The monoisotopic (exact) mass is 374 g/mol. The topological polar surface area (TPSA) is 49.4 Å². The van der Waals surface area contributed by atoms with Crippen molar-refractivity contribution in [2.75, 3.05) is 11.4 Å². The highest BCUT2D eigenvalue weighted by Gasteiger charge is 2.22. The first-order valence-corrected chi connectivity index (χ1v) is 9.61. The van der Waals surface area contributed by atoms with Gasteiger partial charge in [0.1, 0.15) is 0 Å². The second-order valence-corrected chi connectivity index (χ2v) is 7.00. The van der Waals surface area contributed by atoms with Gasteiger partial charge >= 0.3 is 0 Å². The van der Waals surface area contributed by atoms with Crippen LogP contribution < -0.4 is 10.2 Å². The van der Waals surface area contributed by atoms with Crippen LogP contribution in [-0.2, 0) is 9.59 Å². The lowest BCUT2D eigenvalue weighted by Gasteiger charge is -2.26. The number of nitrogens with one attached hydrogen (secondary N) is 1. The van der Waals surface area contributed by atoms with Crippen molar-refractivity contribution in [1.82, 2.24) is 5.32 Å². The molecule has 4 heteroatoms. The van der Waals surface area contributed by atoms with E-state index in [1.165, 1.54) is 6.92 Å². The van der Waals surface area contributed by atoms with E-state index >= 15 is 0 Å². The van der Waals surface area contributed by atoms with E-state index in [9.17, 15) is 9.59 Å². The van der Waals surface area contributed by atoms with E-state index in [2.05, 4.69) is 5.32 Å². The Bertz CT molecular complexity index is 974. The van der Waals surface area contributed by atoms with E-state index in [-0.39, 0.29) is 24.3 Å². The molecule has 1 unspecified atom stereocenters. The number of amides is 2. The molecule has 0 aliphatic heterocycles. The number of carbonyl (C=O) groups is 2. The molecule has 3 aromatic rings. The Balaban J connectivity index is 1.90. The van der Waals surface area contributed by atoms with Crippen LogP contribution >= 0.6 is 0 Å². The highest BCUT2D eigenvalue weighted by atomic mass is 16.2. The highest BCUT2D eigenvalue weighted by molar-refractivity contribution is 6.03. The molecule has 144 valence electrons. The molecule has 0 bridgehead atoms. The average Bonchev–Trinajstić information content (AvgIpc) is 2.68. The smallest absolute Gasteiger partial charge is 0.229 e. The molecule has 4 nitrogen and oxygen atoms in total. The lowest BCUT2D eigenvalue weighted by atomic mass is 10.0. The number of hydrogen-bond acceptors (Lipinski definition) is 2. The lowest BCUT2D eigenvalue weighted by Crippen LogP contribution is -2.36. The summed E-state index contributed by atoms with van der Waals surface area (Å²) in [6.45, 7) is 6.03. The predicted molar refractivity (Wildman–Crippen MR) is 114 cm³/mol. The van der Waals surface area contributed by atoms with Gasteiger partial charge in [-0.3, -0.25) is 9.59 Å². The van der Waals surface area contributed by atoms with Crippen LogP contribution in [-0.4, -0.2) is 18.4 Å². The van der Waals surface area contributed by atoms with Crippen molar-refractivity contribution in [3.8, 4) is 0 Å². The first-order chi connectivity index (χ1) is 13.5. The minimum absolute atomic E-state index is 0.0156. The minimum atomic E-state index is -0.352. The third-order valence-corrected chi connectivity index (χ3v) is 4.91. The maximum absolute atomic E-state index is 13.2. The number of nitrogens with zero attached hydrogens (tertiary/aromatic N) is 1. The highest BCUT2D eigenvalue weighted by Crippen LogP contribution is 2.28. The molecule has 3 aromatic carbocycles. The summed E-state index contributed by atoms with van der Waals surface area (Å²) in [5.41, 5.74) is 2.97. The van der Waals surface area contributed by atoms with Crippen LogP contribution in [0.5, 0.6) is 0 Å². The fourth-order valence-corrected chi connectivity index (χ4v) is 3.51. The Morgan fingerprint density at radius 1 is 0.964 bits per heavy atom. The van der Waals surface area contributed by atoms with E-state index in [0.29, 0.717) is 6.54 Å². The van der Waals surface area contributed by atoms with E-state index in [0.717, 1.165) is 27.6 Å². The maximum atomic E-state index is 13.2. The lowest BCUT2D eigenvalue weighted by molar-refractivity contribution is -0.121. The molecule has 0 saturated carbocycles. The molecular formula is C24H26N2O2. The van der Waals surface area contributed by atoms with Crippen molar-refractivity contribution >= 4 is 28.3 Å². The summed E-state index contributed by atoms with van der Waals surface area (Å²) in [4.78, 5) is 26.7. The van der Waals surface area contributed by atoms with Crippen molar-refractivity contribution in [3.05, 3.63) is 77.9 Å². The van der Waals surface area contributed by atoms with Crippen molar-refractivity contribution in [3.63, 3.8) is 0 Å². The van der Waals surface area contributed by atoms with Gasteiger partial charge in [0, 0.05) is 18.9 Å². The Labute approximate surface area is 166 Å². The molecular weight excluding hydrogens is 348 g/mol. The Morgan fingerprint density at radius 3 is 2.32 bits per heavy atom. The van der Waals surface area contributed by atoms with Gasteiger partial charge in [-0.1, -0.05) is 66.2 Å². The van der Waals surface area contributed by atoms with E-state index in [4.69, 9.17) is 0 Å². The Morgan fingerprint density at radius 2 is 1.64 bits per heavy atom. The average molecular weight is 374 g/mol. The van der Waals surface area contributed by atoms with Gasteiger partial charge in [0.15, 0.2) is 0 Å². The zero-order chi connectivity index (χ0) is 20.1. The van der Waals surface area contributed by atoms with Gasteiger partial charge in [0.2, 0.25) is 11.8 Å². The van der Waals surface area contributed by atoms with Crippen LogP contribution in [0.2, 0.25) is 0 Å². The van der Waals surface area contributed by atoms with Gasteiger partial charge in [-0.25, -0.2) is 0 Å². The number of benzene rings is 3. The van der Waals surface area contributed by atoms with Crippen LogP contribution in [0.15, 0.2) is 66.7 Å². The first kappa shape index (κ1) is 19.6. The molecule has 3 rings (SSSR count). The molecule has 0 spiro atoms. The number of fused-ring (bicyclic) bond motifs is 1. The number of anilines is 1. The van der Waals surface area contributed by atoms with Crippen molar-refractivity contribution in [2.24, 2.45) is 0 Å². The normalized spacial score (nSPS) is 11.8. The summed E-state index contributed by atoms with van der Waals surface area (Å²) < 4.78 is 0. The summed E-state index contributed by atoms with van der Waals surface area (Å²) in [7, 11) is 0. The molecule has 1 N–H and O–H groups in total.